The molecule has 5 rings (SSSR count). The molecule has 5 atom stereocenters. The lowest BCUT2D eigenvalue weighted by molar-refractivity contribution is -0.143. The number of imide groups is 1. The number of aliphatic hydroxyl groups is 1. The summed E-state index contributed by atoms with van der Waals surface area (Å²) in [6.45, 7) is 5.73. The van der Waals surface area contributed by atoms with Gasteiger partial charge in [-0.05, 0) is 43.9 Å². The van der Waals surface area contributed by atoms with Crippen LogP contribution in [0.25, 0.3) is 0 Å². The zero-order valence-electron chi connectivity index (χ0n) is 18.4. The number of aliphatic hydroxyl groups excluding tert-OH is 1. The van der Waals surface area contributed by atoms with Gasteiger partial charge >= 0.3 is 0 Å². The minimum Gasteiger partial charge on any atom is -0.392 e. The molecule has 0 aliphatic carbocycles. The van der Waals surface area contributed by atoms with E-state index in [-0.39, 0.29) is 24.3 Å². The molecule has 2 saturated heterocycles. The Balaban J connectivity index is 1.57. The van der Waals surface area contributed by atoms with Crippen molar-refractivity contribution in [1.82, 2.24) is 10.2 Å². The average molecular weight is 434 g/mol. The third-order valence-corrected chi connectivity index (χ3v) is 7.43. The average Bonchev–Trinajstić information content (AvgIpc) is 3.36. The number of rotatable bonds is 4. The smallest absolute Gasteiger partial charge is 0.250 e. The highest BCUT2D eigenvalue weighted by atomic mass is 16.3. The van der Waals surface area contributed by atoms with Crippen molar-refractivity contribution < 1.29 is 19.5 Å². The minimum absolute atomic E-state index is 0.249. The molecule has 166 valence electrons. The maximum atomic E-state index is 13.7. The first-order valence-corrected chi connectivity index (χ1v) is 11.0. The van der Waals surface area contributed by atoms with Crippen molar-refractivity contribution in [2.75, 3.05) is 11.9 Å². The van der Waals surface area contributed by atoms with Crippen molar-refractivity contribution in [3.63, 3.8) is 0 Å². The van der Waals surface area contributed by atoms with Gasteiger partial charge in [0.05, 0.1) is 17.9 Å². The van der Waals surface area contributed by atoms with E-state index in [1.54, 1.807) is 6.92 Å². The molecule has 3 aliphatic heterocycles. The number of likely N-dealkylation sites (tertiary alicyclic amines) is 1. The summed E-state index contributed by atoms with van der Waals surface area (Å²) in [5.41, 5.74) is 2.99. The third-order valence-electron chi connectivity index (χ3n) is 7.43. The highest BCUT2D eigenvalue weighted by molar-refractivity contribution is 6.15. The van der Waals surface area contributed by atoms with Gasteiger partial charge in [-0.15, -0.1) is 0 Å². The van der Waals surface area contributed by atoms with Crippen LogP contribution in [0.5, 0.6) is 0 Å². The molecule has 32 heavy (non-hydrogen) atoms. The SMILES string of the molecule is Cc1ccc2c(c1C)NC(=O)[C@@]21N[C@H]([C@H](C)O)[C@H]2C(=O)N(CCc3ccccc3)C(=O)[C@H]21. The molecule has 7 heteroatoms. The number of benzene rings is 2. The van der Waals surface area contributed by atoms with Crippen LogP contribution >= 0.6 is 0 Å². The Kier molecular flexibility index (Phi) is 4.72. The number of carbonyl (C=O) groups excluding carboxylic acids is 3. The molecule has 2 aromatic rings. The summed E-state index contributed by atoms with van der Waals surface area (Å²) < 4.78 is 0. The lowest BCUT2D eigenvalue weighted by Crippen LogP contribution is -2.55. The second-order valence-corrected chi connectivity index (χ2v) is 9.17. The van der Waals surface area contributed by atoms with Gasteiger partial charge in [0.25, 0.3) is 0 Å². The van der Waals surface area contributed by atoms with Crippen LogP contribution in [-0.4, -0.2) is 46.4 Å². The first-order chi connectivity index (χ1) is 15.3. The molecule has 0 radical (unpaired) electrons. The van der Waals surface area contributed by atoms with Gasteiger partial charge in [-0.1, -0.05) is 42.5 Å². The Morgan fingerprint density at radius 2 is 1.78 bits per heavy atom. The van der Waals surface area contributed by atoms with E-state index in [1.165, 1.54) is 4.90 Å². The van der Waals surface area contributed by atoms with E-state index in [9.17, 15) is 19.5 Å². The molecular formula is C25H27N3O4. The van der Waals surface area contributed by atoms with Crippen molar-refractivity contribution in [3.05, 3.63) is 64.7 Å². The molecule has 3 aliphatic rings. The van der Waals surface area contributed by atoms with Gasteiger partial charge in [-0.2, -0.15) is 0 Å². The number of fused-ring (bicyclic) bond motifs is 4. The maximum absolute atomic E-state index is 13.7. The summed E-state index contributed by atoms with van der Waals surface area (Å²) in [5, 5.41) is 16.7. The number of anilines is 1. The van der Waals surface area contributed by atoms with E-state index in [1.807, 2.05) is 56.3 Å². The summed E-state index contributed by atoms with van der Waals surface area (Å²) in [7, 11) is 0. The van der Waals surface area contributed by atoms with Gasteiger partial charge < -0.3 is 10.4 Å². The van der Waals surface area contributed by atoms with E-state index in [0.29, 0.717) is 17.7 Å². The van der Waals surface area contributed by atoms with Crippen LogP contribution in [0.15, 0.2) is 42.5 Å². The Hall–Kier alpha value is -3.03. The van der Waals surface area contributed by atoms with Crippen molar-refractivity contribution >= 4 is 23.4 Å². The Labute approximate surface area is 186 Å². The number of amides is 3. The fraction of sp³-hybridized carbons (Fsp3) is 0.400. The number of aryl methyl sites for hydroxylation is 1. The monoisotopic (exact) mass is 433 g/mol. The number of carbonyl (C=O) groups is 3. The first-order valence-electron chi connectivity index (χ1n) is 11.0. The number of nitrogens with one attached hydrogen (secondary N) is 2. The van der Waals surface area contributed by atoms with Gasteiger partial charge in [-0.25, -0.2) is 0 Å². The lowest BCUT2D eigenvalue weighted by Gasteiger charge is -2.30. The molecule has 0 saturated carbocycles. The molecule has 0 unspecified atom stereocenters. The molecule has 2 fully saturated rings. The van der Waals surface area contributed by atoms with E-state index in [4.69, 9.17) is 0 Å². The summed E-state index contributed by atoms with van der Waals surface area (Å²) in [6.07, 6.45) is -0.366. The van der Waals surface area contributed by atoms with Crippen LogP contribution < -0.4 is 10.6 Å². The largest absolute Gasteiger partial charge is 0.392 e. The topological polar surface area (TPSA) is 98.7 Å². The molecular weight excluding hydrogens is 406 g/mol. The molecule has 3 heterocycles. The number of nitrogens with zero attached hydrogens (tertiary/aromatic N) is 1. The standard InChI is InChI=1S/C25H27N3O4/c1-13-9-10-17-20(14(13)2)26-24(32)25(17)19-18(21(27-25)15(3)29)22(30)28(23(19)31)12-11-16-7-5-4-6-8-16/h4-10,15,18-19,21,27,29H,11-12H2,1-3H3,(H,26,32)/t15-,18-,19-,21+,25+/m0/s1. The second-order valence-electron chi connectivity index (χ2n) is 9.17. The summed E-state index contributed by atoms with van der Waals surface area (Å²) in [5.74, 6) is -2.71. The molecule has 7 nitrogen and oxygen atoms in total. The predicted octanol–water partition coefficient (Wildman–Crippen LogP) is 1.65. The Morgan fingerprint density at radius 3 is 2.47 bits per heavy atom. The minimum atomic E-state index is -1.37. The normalized spacial score (nSPS) is 29.4. The fourth-order valence-electron chi connectivity index (χ4n) is 5.63. The van der Waals surface area contributed by atoms with Crippen LogP contribution in [0.4, 0.5) is 5.69 Å². The van der Waals surface area contributed by atoms with E-state index < -0.39 is 29.5 Å². The van der Waals surface area contributed by atoms with E-state index in [0.717, 1.165) is 16.7 Å². The summed E-state index contributed by atoms with van der Waals surface area (Å²) in [4.78, 5) is 41.8. The van der Waals surface area contributed by atoms with Gasteiger partial charge in [-0.3, -0.25) is 24.6 Å². The van der Waals surface area contributed by atoms with Gasteiger partial charge in [0.2, 0.25) is 17.7 Å². The van der Waals surface area contributed by atoms with Gasteiger partial charge in [0, 0.05) is 23.8 Å². The molecule has 3 N–H and O–H groups in total. The zero-order valence-corrected chi connectivity index (χ0v) is 18.4. The Bertz CT molecular complexity index is 1130. The number of hydrogen-bond donors (Lipinski definition) is 3. The maximum Gasteiger partial charge on any atom is 0.250 e. The van der Waals surface area contributed by atoms with Crippen LogP contribution in [-0.2, 0) is 26.3 Å². The van der Waals surface area contributed by atoms with Crippen molar-refractivity contribution in [3.8, 4) is 0 Å². The zero-order chi connectivity index (χ0) is 22.8. The van der Waals surface area contributed by atoms with Crippen molar-refractivity contribution in [2.24, 2.45) is 11.8 Å². The second kappa shape index (κ2) is 7.25. The van der Waals surface area contributed by atoms with Crippen LogP contribution in [0, 0.1) is 25.7 Å². The molecule has 1 spiro atoms. The highest BCUT2D eigenvalue weighted by Gasteiger charge is 2.71. The summed E-state index contributed by atoms with van der Waals surface area (Å²) in [6, 6.07) is 12.8. The van der Waals surface area contributed by atoms with E-state index >= 15 is 0 Å². The molecule has 2 aromatic carbocycles. The van der Waals surface area contributed by atoms with E-state index in [2.05, 4.69) is 10.6 Å². The molecule has 3 amide bonds. The van der Waals surface area contributed by atoms with Gasteiger partial charge in [0.1, 0.15) is 5.54 Å². The summed E-state index contributed by atoms with van der Waals surface area (Å²) >= 11 is 0. The highest BCUT2D eigenvalue weighted by Crippen LogP contribution is 2.54. The Morgan fingerprint density at radius 1 is 1.06 bits per heavy atom. The van der Waals surface area contributed by atoms with Crippen molar-refractivity contribution in [1.29, 1.82) is 0 Å². The van der Waals surface area contributed by atoms with Crippen molar-refractivity contribution in [2.45, 2.75) is 44.9 Å². The van der Waals surface area contributed by atoms with Crippen LogP contribution in [0.1, 0.15) is 29.2 Å². The first kappa shape index (κ1) is 20.8. The van der Waals surface area contributed by atoms with Crippen LogP contribution in [0.2, 0.25) is 0 Å². The van der Waals surface area contributed by atoms with Crippen LogP contribution in [0.3, 0.4) is 0 Å². The molecule has 0 bridgehead atoms. The third kappa shape index (κ3) is 2.71. The predicted molar refractivity (Wildman–Crippen MR) is 119 cm³/mol. The lowest BCUT2D eigenvalue weighted by atomic mass is 9.76. The quantitative estimate of drug-likeness (QED) is 0.637. The fourth-order valence-corrected chi connectivity index (χ4v) is 5.63. The molecule has 0 aromatic heterocycles. The number of hydrogen-bond acceptors (Lipinski definition) is 5. The van der Waals surface area contributed by atoms with Gasteiger partial charge in [0.15, 0.2) is 0 Å².